The molecular formula is C20H20BrN3O2. The Morgan fingerprint density at radius 3 is 2.65 bits per heavy atom. The molecule has 0 unspecified atom stereocenters. The van der Waals surface area contributed by atoms with E-state index in [-0.39, 0.29) is 6.03 Å². The predicted octanol–water partition coefficient (Wildman–Crippen LogP) is 5.09. The summed E-state index contributed by atoms with van der Waals surface area (Å²) in [5.41, 5.74) is 4.76. The van der Waals surface area contributed by atoms with E-state index < -0.39 is 0 Å². The summed E-state index contributed by atoms with van der Waals surface area (Å²) in [5, 5.41) is 5.64. The lowest BCUT2D eigenvalue weighted by Crippen LogP contribution is -2.30. The van der Waals surface area contributed by atoms with Crippen molar-refractivity contribution in [2.24, 2.45) is 0 Å². The molecule has 1 heterocycles. The number of benzene rings is 2. The van der Waals surface area contributed by atoms with Gasteiger partial charge in [0.1, 0.15) is 6.26 Å². The maximum atomic E-state index is 12.0. The second-order valence-electron chi connectivity index (χ2n) is 6.10. The summed E-state index contributed by atoms with van der Waals surface area (Å²) in [6.45, 7) is 4.49. The lowest BCUT2D eigenvalue weighted by molar-refractivity contribution is 0.252. The van der Waals surface area contributed by atoms with E-state index in [0.717, 1.165) is 27.0 Å². The van der Waals surface area contributed by atoms with Crippen LogP contribution in [0.15, 0.2) is 57.6 Å². The maximum Gasteiger partial charge on any atom is 0.319 e. The molecule has 2 aromatic carbocycles. The van der Waals surface area contributed by atoms with E-state index in [2.05, 4.69) is 31.5 Å². The molecule has 0 aliphatic heterocycles. The van der Waals surface area contributed by atoms with Crippen molar-refractivity contribution < 1.29 is 9.21 Å². The number of nitrogens with zero attached hydrogens (tertiary/aromatic N) is 1. The van der Waals surface area contributed by atoms with Crippen molar-refractivity contribution in [1.82, 2.24) is 10.3 Å². The Labute approximate surface area is 161 Å². The van der Waals surface area contributed by atoms with Gasteiger partial charge in [0.15, 0.2) is 0 Å². The van der Waals surface area contributed by atoms with E-state index in [0.29, 0.717) is 18.9 Å². The zero-order chi connectivity index (χ0) is 18.5. The lowest BCUT2D eigenvalue weighted by atomic mass is 10.1. The summed E-state index contributed by atoms with van der Waals surface area (Å²) in [5.74, 6) is 0.592. The number of carbonyl (C=O) groups excluding carboxylic acids is 1. The largest absolute Gasteiger partial charge is 0.444 e. The number of rotatable bonds is 5. The zero-order valence-corrected chi connectivity index (χ0v) is 16.3. The number of carbonyl (C=O) groups is 1. The fraction of sp³-hybridized carbons (Fsp3) is 0.200. The Balaban J connectivity index is 1.49. The second kappa shape index (κ2) is 8.19. The fourth-order valence-corrected chi connectivity index (χ4v) is 2.70. The average molecular weight is 414 g/mol. The summed E-state index contributed by atoms with van der Waals surface area (Å²) in [6, 6.07) is 13.4. The van der Waals surface area contributed by atoms with Crippen LogP contribution in [0.5, 0.6) is 0 Å². The third-order valence-electron chi connectivity index (χ3n) is 3.93. The minimum atomic E-state index is -0.242. The predicted molar refractivity (Wildman–Crippen MR) is 106 cm³/mol. The van der Waals surface area contributed by atoms with Gasteiger partial charge in [-0.05, 0) is 49.7 Å². The monoisotopic (exact) mass is 413 g/mol. The molecule has 0 bridgehead atoms. The van der Waals surface area contributed by atoms with E-state index in [1.165, 1.54) is 5.56 Å². The highest BCUT2D eigenvalue weighted by atomic mass is 79.9. The van der Waals surface area contributed by atoms with Crippen molar-refractivity contribution in [3.8, 4) is 11.5 Å². The van der Waals surface area contributed by atoms with Crippen molar-refractivity contribution in [2.45, 2.75) is 20.3 Å². The van der Waals surface area contributed by atoms with Crippen LogP contribution in [0, 0.1) is 13.8 Å². The Bertz CT molecular complexity index is 904. The molecule has 6 heteroatoms. The van der Waals surface area contributed by atoms with Gasteiger partial charge in [-0.25, -0.2) is 9.78 Å². The minimum Gasteiger partial charge on any atom is -0.444 e. The molecule has 1 aromatic heterocycles. The van der Waals surface area contributed by atoms with Gasteiger partial charge >= 0.3 is 6.03 Å². The molecule has 0 saturated carbocycles. The van der Waals surface area contributed by atoms with Crippen LogP contribution in [-0.2, 0) is 6.42 Å². The summed E-state index contributed by atoms with van der Waals surface area (Å²) in [4.78, 5) is 16.4. The number of hydrogen-bond acceptors (Lipinski definition) is 3. The van der Waals surface area contributed by atoms with Gasteiger partial charge in [-0.1, -0.05) is 33.6 Å². The summed E-state index contributed by atoms with van der Waals surface area (Å²) >= 11 is 3.44. The number of anilines is 1. The van der Waals surface area contributed by atoms with Crippen LogP contribution < -0.4 is 10.6 Å². The first-order valence-electron chi connectivity index (χ1n) is 8.34. The van der Waals surface area contributed by atoms with Gasteiger partial charge in [-0.3, -0.25) is 0 Å². The number of aromatic nitrogens is 1. The number of oxazole rings is 1. The van der Waals surface area contributed by atoms with Crippen molar-refractivity contribution in [1.29, 1.82) is 0 Å². The molecule has 0 aliphatic rings. The number of urea groups is 1. The topological polar surface area (TPSA) is 67.2 Å². The molecule has 0 saturated heterocycles. The van der Waals surface area contributed by atoms with E-state index in [4.69, 9.17) is 4.42 Å². The molecule has 2 N–H and O–H groups in total. The average Bonchev–Trinajstić information content (AvgIpc) is 3.08. The van der Waals surface area contributed by atoms with Gasteiger partial charge in [0, 0.05) is 28.7 Å². The van der Waals surface area contributed by atoms with Crippen LogP contribution in [0.25, 0.3) is 11.5 Å². The van der Waals surface area contributed by atoms with Crippen LogP contribution in [-0.4, -0.2) is 17.6 Å². The third kappa shape index (κ3) is 4.73. The van der Waals surface area contributed by atoms with Crippen molar-refractivity contribution in [3.05, 3.63) is 70.0 Å². The Morgan fingerprint density at radius 1 is 1.15 bits per heavy atom. The van der Waals surface area contributed by atoms with Crippen LogP contribution in [0.3, 0.4) is 0 Å². The first-order chi connectivity index (χ1) is 12.5. The van der Waals surface area contributed by atoms with E-state index in [1.807, 2.05) is 56.3 Å². The highest BCUT2D eigenvalue weighted by Gasteiger charge is 2.08. The van der Waals surface area contributed by atoms with Crippen molar-refractivity contribution in [2.75, 3.05) is 11.9 Å². The van der Waals surface area contributed by atoms with Crippen molar-refractivity contribution >= 4 is 27.6 Å². The van der Waals surface area contributed by atoms with Gasteiger partial charge in [0.05, 0.1) is 5.69 Å². The zero-order valence-electron chi connectivity index (χ0n) is 14.7. The Kier molecular flexibility index (Phi) is 5.73. The van der Waals surface area contributed by atoms with E-state index >= 15 is 0 Å². The summed E-state index contributed by atoms with van der Waals surface area (Å²) in [7, 11) is 0. The molecule has 5 nitrogen and oxygen atoms in total. The SMILES string of the molecule is Cc1ccc(-c2nc(CCNC(=O)Nc3ccc(Br)c(C)c3)co2)cc1. The number of halogens is 1. The molecule has 134 valence electrons. The van der Waals surface area contributed by atoms with Gasteiger partial charge < -0.3 is 15.1 Å². The molecular weight excluding hydrogens is 394 g/mol. The smallest absolute Gasteiger partial charge is 0.319 e. The van der Waals surface area contributed by atoms with Crippen LogP contribution in [0.4, 0.5) is 10.5 Å². The number of hydrogen-bond donors (Lipinski definition) is 2. The molecule has 0 spiro atoms. The first-order valence-corrected chi connectivity index (χ1v) is 9.13. The summed E-state index contributed by atoms with van der Waals surface area (Å²) < 4.78 is 6.54. The first kappa shape index (κ1) is 18.2. The minimum absolute atomic E-state index is 0.242. The molecule has 0 radical (unpaired) electrons. The Hall–Kier alpha value is -2.60. The lowest BCUT2D eigenvalue weighted by Gasteiger charge is -2.08. The number of amides is 2. The third-order valence-corrected chi connectivity index (χ3v) is 4.82. The maximum absolute atomic E-state index is 12.0. The number of nitrogens with one attached hydrogen (secondary N) is 2. The van der Waals surface area contributed by atoms with Gasteiger partial charge in [-0.15, -0.1) is 0 Å². The molecule has 3 aromatic rings. The summed E-state index contributed by atoms with van der Waals surface area (Å²) in [6.07, 6.45) is 2.23. The number of aryl methyl sites for hydroxylation is 2. The quantitative estimate of drug-likeness (QED) is 0.612. The molecule has 26 heavy (non-hydrogen) atoms. The van der Waals surface area contributed by atoms with Crippen molar-refractivity contribution in [3.63, 3.8) is 0 Å². The molecule has 0 atom stereocenters. The van der Waals surface area contributed by atoms with E-state index in [1.54, 1.807) is 6.26 Å². The van der Waals surface area contributed by atoms with E-state index in [9.17, 15) is 4.79 Å². The normalized spacial score (nSPS) is 10.6. The van der Waals surface area contributed by atoms with Gasteiger partial charge in [0.25, 0.3) is 0 Å². The molecule has 0 fully saturated rings. The molecule has 3 rings (SSSR count). The standard InChI is InChI=1S/C20H20BrN3O2/c1-13-3-5-15(6-4-13)19-23-17(12-26-19)9-10-22-20(25)24-16-7-8-18(21)14(2)11-16/h3-8,11-12H,9-10H2,1-2H3,(H2,22,24,25). The molecule has 2 amide bonds. The van der Waals surface area contributed by atoms with Crippen LogP contribution in [0.1, 0.15) is 16.8 Å². The highest BCUT2D eigenvalue weighted by molar-refractivity contribution is 9.10. The highest BCUT2D eigenvalue weighted by Crippen LogP contribution is 2.20. The van der Waals surface area contributed by atoms with Crippen LogP contribution in [0.2, 0.25) is 0 Å². The Morgan fingerprint density at radius 2 is 1.92 bits per heavy atom. The van der Waals surface area contributed by atoms with Crippen LogP contribution >= 0.6 is 15.9 Å². The fourth-order valence-electron chi connectivity index (χ4n) is 2.45. The second-order valence-corrected chi connectivity index (χ2v) is 6.96. The van der Waals surface area contributed by atoms with Gasteiger partial charge in [-0.2, -0.15) is 0 Å². The van der Waals surface area contributed by atoms with Gasteiger partial charge in [0.2, 0.25) is 5.89 Å². The molecule has 0 aliphatic carbocycles.